The van der Waals surface area contributed by atoms with Crippen LogP contribution in [-0.4, -0.2) is 11.2 Å². The molecule has 0 saturated carbocycles. The molecule has 0 aliphatic heterocycles. The summed E-state index contributed by atoms with van der Waals surface area (Å²) in [6, 6.07) is 0. The van der Waals surface area contributed by atoms with Gasteiger partial charge in [0.25, 0.3) is 0 Å². The maximum absolute atomic E-state index is 8.99. The third kappa shape index (κ3) is 15.2. The molecule has 1 heteroatoms. The largest absolute Gasteiger partial charge is 0.389 e. The number of hydrogen-bond acceptors (Lipinski definition) is 1. The topological polar surface area (TPSA) is 20.2 Å². The van der Waals surface area contributed by atoms with Gasteiger partial charge in [0.05, 0.1) is 6.10 Å². The highest BCUT2D eigenvalue weighted by Gasteiger charge is 1.84. The van der Waals surface area contributed by atoms with Crippen LogP contribution in [0.4, 0.5) is 0 Å². The Bertz CT molecular complexity index is 224. The molecular weight excluding hydrogens is 208 g/mol. The molecule has 1 nitrogen and oxygen atoms in total. The average molecular weight is 236 g/mol. The minimum absolute atomic E-state index is 0.340. The highest BCUT2D eigenvalue weighted by atomic mass is 16.3. The van der Waals surface area contributed by atoms with E-state index in [9.17, 15) is 0 Å². The second kappa shape index (κ2) is 13.2. The molecule has 0 radical (unpaired) electrons. The van der Waals surface area contributed by atoms with Crippen molar-refractivity contribution in [2.45, 2.75) is 64.9 Å². The zero-order valence-corrected chi connectivity index (χ0v) is 11.4. The van der Waals surface area contributed by atoms with Gasteiger partial charge in [0.2, 0.25) is 0 Å². The normalized spacial score (nSPS) is 14.3. The lowest BCUT2D eigenvalue weighted by Gasteiger charge is -1.93. The van der Waals surface area contributed by atoms with Crippen molar-refractivity contribution in [3.8, 4) is 0 Å². The van der Waals surface area contributed by atoms with Crippen molar-refractivity contribution in [3.63, 3.8) is 0 Å². The summed E-state index contributed by atoms with van der Waals surface area (Å²) in [5, 5.41) is 8.99. The number of hydrogen-bond donors (Lipinski definition) is 1. The van der Waals surface area contributed by atoms with E-state index in [1.54, 1.807) is 13.0 Å². The Labute approximate surface area is 107 Å². The number of aliphatic hydroxyl groups excluding tert-OH is 1. The van der Waals surface area contributed by atoms with Crippen LogP contribution in [0, 0.1) is 0 Å². The van der Waals surface area contributed by atoms with Gasteiger partial charge in [0.1, 0.15) is 0 Å². The van der Waals surface area contributed by atoms with Crippen LogP contribution in [0.25, 0.3) is 0 Å². The second-order valence-electron chi connectivity index (χ2n) is 4.45. The number of allylic oxidation sites excluding steroid dienone is 5. The Kier molecular flexibility index (Phi) is 12.6. The standard InChI is InChI=1S/C16H28O/c1-3-4-5-6-7-8-9-10-11-12-13-14-15-16(2)17/h6-7,12-17H,3-5,8-11H2,1-2H3/b7-6-,13-12-,15-14+/t16-/m0/s1. The van der Waals surface area contributed by atoms with E-state index in [4.69, 9.17) is 5.11 Å². The minimum Gasteiger partial charge on any atom is -0.389 e. The predicted molar refractivity (Wildman–Crippen MR) is 77.1 cm³/mol. The van der Waals surface area contributed by atoms with Crippen molar-refractivity contribution in [3.05, 3.63) is 36.5 Å². The third-order valence-corrected chi connectivity index (χ3v) is 2.52. The molecule has 0 spiro atoms. The van der Waals surface area contributed by atoms with Gasteiger partial charge in [-0.3, -0.25) is 0 Å². The first-order valence-electron chi connectivity index (χ1n) is 6.93. The number of aliphatic hydroxyl groups is 1. The molecule has 98 valence electrons. The molecule has 0 rings (SSSR count). The fraction of sp³-hybridized carbons (Fsp3) is 0.625. The van der Waals surface area contributed by atoms with Gasteiger partial charge in [-0.25, -0.2) is 0 Å². The Morgan fingerprint density at radius 3 is 2.06 bits per heavy atom. The zero-order valence-electron chi connectivity index (χ0n) is 11.4. The smallest absolute Gasteiger partial charge is 0.0695 e. The molecule has 0 heterocycles. The van der Waals surface area contributed by atoms with Crippen LogP contribution < -0.4 is 0 Å². The monoisotopic (exact) mass is 236 g/mol. The molecule has 0 bridgehead atoms. The van der Waals surface area contributed by atoms with Crippen molar-refractivity contribution in [1.82, 2.24) is 0 Å². The van der Waals surface area contributed by atoms with Crippen LogP contribution in [-0.2, 0) is 0 Å². The lowest BCUT2D eigenvalue weighted by Crippen LogP contribution is -1.90. The SMILES string of the molecule is CCCC/C=C\CCCC/C=C\C=C\[C@H](C)O. The van der Waals surface area contributed by atoms with Crippen LogP contribution >= 0.6 is 0 Å². The molecule has 0 aromatic carbocycles. The summed E-state index contributed by atoms with van der Waals surface area (Å²) in [4.78, 5) is 0. The molecule has 0 aliphatic rings. The van der Waals surface area contributed by atoms with Crippen LogP contribution in [0.1, 0.15) is 58.8 Å². The first kappa shape index (κ1) is 16.2. The predicted octanol–water partition coefficient (Wildman–Crippen LogP) is 4.79. The van der Waals surface area contributed by atoms with Crippen LogP contribution in [0.3, 0.4) is 0 Å². The fourth-order valence-electron chi connectivity index (χ4n) is 1.48. The Morgan fingerprint density at radius 2 is 1.47 bits per heavy atom. The Balaban J connectivity index is 3.26. The summed E-state index contributed by atoms with van der Waals surface area (Å²) >= 11 is 0. The van der Waals surface area contributed by atoms with Crippen molar-refractivity contribution in [2.24, 2.45) is 0 Å². The van der Waals surface area contributed by atoms with Gasteiger partial charge >= 0.3 is 0 Å². The minimum atomic E-state index is -0.340. The van der Waals surface area contributed by atoms with E-state index in [-0.39, 0.29) is 6.10 Å². The molecular formula is C16H28O. The summed E-state index contributed by atoms with van der Waals surface area (Å²) in [5.74, 6) is 0. The second-order valence-corrected chi connectivity index (χ2v) is 4.45. The van der Waals surface area contributed by atoms with E-state index in [1.165, 1.54) is 38.5 Å². The molecule has 0 saturated heterocycles. The lowest BCUT2D eigenvalue weighted by atomic mass is 10.1. The van der Waals surface area contributed by atoms with E-state index in [0.717, 1.165) is 6.42 Å². The van der Waals surface area contributed by atoms with E-state index in [0.29, 0.717) is 0 Å². The summed E-state index contributed by atoms with van der Waals surface area (Å²) < 4.78 is 0. The average Bonchev–Trinajstić information content (AvgIpc) is 2.30. The van der Waals surface area contributed by atoms with Crippen molar-refractivity contribution >= 4 is 0 Å². The summed E-state index contributed by atoms with van der Waals surface area (Å²) in [5.41, 5.74) is 0. The fourth-order valence-corrected chi connectivity index (χ4v) is 1.48. The van der Waals surface area contributed by atoms with Gasteiger partial charge in [-0.05, 0) is 39.0 Å². The molecule has 0 aromatic heterocycles. The van der Waals surface area contributed by atoms with Gasteiger partial charge < -0.3 is 5.11 Å². The van der Waals surface area contributed by atoms with E-state index in [1.807, 2.05) is 12.2 Å². The van der Waals surface area contributed by atoms with Gasteiger partial charge in [0, 0.05) is 0 Å². The lowest BCUT2D eigenvalue weighted by molar-refractivity contribution is 0.244. The summed E-state index contributed by atoms with van der Waals surface area (Å²) in [7, 11) is 0. The molecule has 0 fully saturated rings. The summed E-state index contributed by atoms with van der Waals surface area (Å²) in [6.45, 7) is 3.99. The molecule has 0 amide bonds. The van der Waals surface area contributed by atoms with Crippen molar-refractivity contribution in [2.75, 3.05) is 0 Å². The maximum atomic E-state index is 8.99. The number of rotatable bonds is 10. The van der Waals surface area contributed by atoms with Gasteiger partial charge in [0.15, 0.2) is 0 Å². The molecule has 0 aromatic rings. The van der Waals surface area contributed by atoms with Crippen molar-refractivity contribution < 1.29 is 5.11 Å². The number of unbranched alkanes of at least 4 members (excludes halogenated alkanes) is 5. The van der Waals surface area contributed by atoms with Gasteiger partial charge in [-0.15, -0.1) is 0 Å². The van der Waals surface area contributed by atoms with Crippen molar-refractivity contribution in [1.29, 1.82) is 0 Å². The molecule has 1 N–H and O–H groups in total. The van der Waals surface area contributed by atoms with Gasteiger partial charge in [-0.1, -0.05) is 56.2 Å². The molecule has 0 aliphatic carbocycles. The Morgan fingerprint density at radius 1 is 0.882 bits per heavy atom. The highest BCUT2D eigenvalue weighted by molar-refractivity contribution is 5.03. The quantitative estimate of drug-likeness (QED) is 0.328. The first-order chi connectivity index (χ1) is 8.27. The first-order valence-corrected chi connectivity index (χ1v) is 6.93. The van der Waals surface area contributed by atoms with E-state index >= 15 is 0 Å². The molecule has 0 unspecified atom stereocenters. The Hall–Kier alpha value is -0.820. The zero-order chi connectivity index (χ0) is 12.8. The summed E-state index contributed by atoms with van der Waals surface area (Å²) in [6.07, 6.45) is 20.9. The van der Waals surface area contributed by atoms with Gasteiger partial charge in [-0.2, -0.15) is 0 Å². The third-order valence-electron chi connectivity index (χ3n) is 2.52. The van der Waals surface area contributed by atoms with Crippen LogP contribution in [0.2, 0.25) is 0 Å². The van der Waals surface area contributed by atoms with E-state index < -0.39 is 0 Å². The van der Waals surface area contributed by atoms with Crippen LogP contribution in [0.15, 0.2) is 36.5 Å². The molecule has 17 heavy (non-hydrogen) atoms. The molecule has 1 atom stereocenters. The van der Waals surface area contributed by atoms with E-state index in [2.05, 4.69) is 25.2 Å². The highest BCUT2D eigenvalue weighted by Crippen LogP contribution is 2.03. The maximum Gasteiger partial charge on any atom is 0.0695 e. The van der Waals surface area contributed by atoms with Crippen LogP contribution in [0.5, 0.6) is 0 Å².